The van der Waals surface area contributed by atoms with Crippen LogP contribution in [0.3, 0.4) is 0 Å². The predicted octanol–water partition coefficient (Wildman–Crippen LogP) is 2.78. The SMILES string of the molecule is COCCN(C)C[C@@H]1CN(c2cc(C)c3ccc(C)c(C)c3n2)C[C@@H]1CO. The number of pyridine rings is 1. The molecule has 0 saturated carbocycles. The Balaban J connectivity index is 1.83. The van der Waals surface area contributed by atoms with E-state index in [2.05, 4.69) is 55.8 Å². The predicted molar refractivity (Wildman–Crippen MR) is 112 cm³/mol. The van der Waals surface area contributed by atoms with Crippen molar-refractivity contribution in [1.29, 1.82) is 0 Å². The van der Waals surface area contributed by atoms with Crippen LogP contribution in [0.4, 0.5) is 5.82 Å². The Morgan fingerprint density at radius 2 is 1.93 bits per heavy atom. The van der Waals surface area contributed by atoms with Gasteiger partial charge in [0.15, 0.2) is 0 Å². The lowest BCUT2D eigenvalue weighted by Gasteiger charge is -2.23. The number of fused-ring (bicyclic) bond motifs is 1. The molecule has 148 valence electrons. The first-order valence-electron chi connectivity index (χ1n) is 9.85. The molecule has 1 aliphatic rings. The molecule has 2 atom stereocenters. The molecule has 3 rings (SSSR count). The Morgan fingerprint density at radius 1 is 1.19 bits per heavy atom. The Kier molecular flexibility index (Phi) is 6.35. The van der Waals surface area contributed by atoms with Crippen LogP contribution in [0.25, 0.3) is 10.9 Å². The summed E-state index contributed by atoms with van der Waals surface area (Å²) in [5.74, 6) is 1.76. The number of aromatic nitrogens is 1. The Hall–Kier alpha value is -1.69. The molecular weight excluding hydrogens is 338 g/mol. The molecule has 0 unspecified atom stereocenters. The van der Waals surface area contributed by atoms with E-state index in [4.69, 9.17) is 9.72 Å². The standard InChI is InChI=1S/C22H33N3O2/c1-15-6-7-20-16(2)10-21(23-22(20)17(15)3)25-12-18(19(13-25)14-26)11-24(4)8-9-27-5/h6-7,10,18-19,26H,8-9,11-14H2,1-5H3/t18-,19-/m1/s1. The van der Waals surface area contributed by atoms with Gasteiger partial charge in [-0.1, -0.05) is 12.1 Å². The van der Waals surface area contributed by atoms with Gasteiger partial charge in [0.2, 0.25) is 0 Å². The highest BCUT2D eigenvalue weighted by atomic mass is 16.5. The lowest BCUT2D eigenvalue weighted by atomic mass is 9.96. The van der Waals surface area contributed by atoms with Crippen LogP contribution in [0.15, 0.2) is 18.2 Å². The smallest absolute Gasteiger partial charge is 0.129 e. The number of hydrogen-bond acceptors (Lipinski definition) is 5. The third kappa shape index (κ3) is 4.26. The Labute approximate surface area is 162 Å². The summed E-state index contributed by atoms with van der Waals surface area (Å²) in [6.45, 7) is 11.1. The van der Waals surface area contributed by atoms with E-state index in [1.54, 1.807) is 7.11 Å². The van der Waals surface area contributed by atoms with Gasteiger partial charge in [0.25, 0.3) is 0 Å². The molecule has 1 fully saturated rings. The van der Waals surface area contributed by atoms with Gasteiger partial charge in [0.1, 0.15) is 5.82 Å². The summed E-state index contributed by atoms with van der Waals surface area (Å²) in [6.07, 6.45) is 0. The van der Waals surface area contributed by atoms with E-state index in [0.29, 0.717) is 5.92 Å². The maximum atomic E-state index is 9.91. The highest BCUT2D eigenvalue weighted by Crippen LogP contribution is 2.31. The second-order valence-electron chi connectivity index (χ2n) is 8.06. The lowest BCUT2D eigenvalue weighted by molar-refractivity contribution is 0.136. The molecule has 1 saturated heterocycles. The fraction of sp³-hybridized carbons (Fsp3) is 0.591. The molecule has 0 bridgehead atoms. The highest BCUT2D eigenvalue weighted by molar-refractivity contribution is 5.87. The summed E-state index contributed by atoms with van der Waals surface area (Å²) in [4.78, 5) is 9.67. The number of nitrogens with zero attached hydrogens (tertiary/aromatic N) is 3. The van der Waals surface area contributed by atoms with Crippen LogP contribution in [-0.4, -0.2) is 68.5 Å². The maximum absolute atomic E-state index is 9.91. The molecule has 2 aromatic rings. The van der Waals surface area contributed by atoms with Crippen molar-refractivity contribution < 1.29 is 9.84 Å². The summed E-state index contributed by atoms with van der Waals surface area (Å²) in [5, 5.41) is 11.1. The molecule has 0 aliphatic carbocycles. The zero-order valence-electron chi connectivity index (χ0n) is 17.3. The molecule has 2 heterocycles. The van der Waals surface area contributed by atoms with Crippen molar-refractivity contribution in [3.63, 3.8) is 0 Å². The van der Waals surface area contributed by atoms with Crippen molar-refractivity contribution in [1.82, 2.24) is 9.88 Å². The third-order valence-corrected chi connectivity index (χ3v) is 6.06. The highest BCUT2D eigenvalue weighted by Gasteiger charge is 2.33. The zero-order valence-corrected chi connectivity index (χ0v) is 17.3. The van der Waals surface area contributed by atoms with E-state index in [9.17, 15) is 5.11 Å². The molecule has 1 N–H and O–H groups in total. The van der Waals surface area contributed by atoms with Gasteiger partial charge >= 0.3 is 0 Å². The van der Waals surface area contributed by atoms with Gasteiger partial charge in [-0.3, -0.25) is 0 Å². The van der Waals surface area contributed by atoms with Crippen LogP contribution in [0, 0.1) is 32.6 Å². The van der Waals surface area contributed by atoms with Gasteiger partial charge in [-0.05, 0) is 56.5 Å². The third-order valence-electron chi connectivity index (χ3n) is 6.06. The number of benzene rings is 1. The maximum Gasteiger partial charge on any atom is 0.129 e. The van der Waals surface area contributed by atoms with E-state index in [1.165, 1.54) is 22.1 Å². The van der Waals surface area contributed by atoms with Crippen molar-refractivity contribution >= 4 is 16.7 Å². The average Bonchev–Trinajstić information content (AvgIpc) is 3.06. The topological polar surface area (TPSA) is 48.8 Å². The number of rotatable bonds is 7. The van der Waals surface area contributed by atoms with Gasteiger partial charge in [0, 0.05) is 51.2 Å². The minimum atomic E-state index is 0.226. The number of aliphatic hydroxyl groups is 1. The van der Waals surface area contributed by atoms with E-state index in [1.807, 2.05) is 0 Å². The number of likely N-dealkylation sites (N-methyl/N-ethyl adjacent to an activating group) is 1. The van der Waals surface area contributed by atoms with Crippen LogP contribution in [-0.2, 0) is 4.74 Å². The fourth-order valence-electron chi connectivity index (χ4n) is 4.12. The fourth-order valence-corrected chi connectivity index (χ4v) is 4.12. The molecular formula is C22H33N3O2. The van der Waals surface area contributed by atoms with Crippen molar-refractivity contribution in [2.75, 3.05) is 58.5 Å². The van der Waals surface area contributed by atoms with Crippen LogP contribution in [0.2, 0.25) is 0 Å². The second kappa shape index (κ2) is 8.55. The summed E-state index contributed by atoms with van der Waals surface area (Å²) >= 11 is 0. The Morgan fingerprint density at radius 3 is 2.63 bits per heavy atom. The lowest BCUT2D eigenvalue weighted by Crippen LogP contribution is -2.33. The van der Waals surface area contributed by atoms with Crippen LogP contribution in [0.1, 0.15) is 16.7 Å². The minimum absolute atomic E-state index is 0.226. The van der Waals surface area contributed by atoms with Crippen LogP contribution in [0.5, 0.6) is 0 Å². The number of anilines is 1. The van der Waals surface area contributed by atoms with Gasteiger partial charge in [-0.15, -0.1) is 0 Å². The summed E-state index contributed by atoms with van der Waals surface area (Å²) in [6, 6.07) is 6.55. The molecule has 27 heavy (non-hydrogen) atoms. The van der Waals surface area contributed by atoms with Gasteiger partial charge < -0.3 is 19.6 Å². The summed E-state index contributed by atoms with van der Waals surface area (Å²) in [5.41, 5.74) is 4.90. The van der Waals surface area contributed by atoms with Gasteiger partial charge in [-0.2, -0.15) is 0 Å². The normalized spacial score (nSPS) is 20.2. The number of hydrogen-bond donors (Lipinski definition) is 1. The number of ether oxygens (including phenoxy) is 1. The van der Waals surface area contributed by atoms with Crippen molar-refractivity contribution in [2.24, 2.45) is 11.8 Å². The number of aliphatic hydroxyl groups excluding tert-OH is 1. The number of aryl methyl sites for hydroxylation is 3. The van der Waals surface area contributed by atoms with Gasteiger partial charge in [0.05, 0.1) is 12.1 Å². The second-order valence-corrected chi connectivity index (χ2v) is 8.06. The molecule has 0 amide bonds. The van der Waals surface area contributed by atoms with E-state index >= 15 is 0 Å². The molecule has 0 radical (unpaired) electrons. The average molecular weight is 372 g/mol. The van der Waals surface area contributed by atoms with E-state index in [0.717, 1.165) is 44.1 Å². The van der Waals surface area contributed by atoms with E-state index < -0.39 is 0 Å². The quantitative estimate of drug-likeness (QED) is 0.811. The van der Waals surface area contributed by atoms with Crippen molar-refractivity contribution in [3.05, 3.63) is 34.9 Å². The monoisotopic (exact) mass is 371 g/mol. The molecule has 1 aromatic heterocycles. The molecule has 5 heteroatoms. The summed E-state index contributed by atoms with van der Waals surface area (Å²) < 4.78 is 5.18. The van der Waals surface area contributed by atoms with Crippen LogP contribution >= 0.6 is 0 Å². The molecule has 5 nitrogen and oxygen atoms in total. The molecule has 1 aliphatic heterocycles. The van der Waals surface area contributed by atoms with Crippen molar-refractivity contribution in [2.45, 2.75) is 20.8 Å². The zero-order chi connectivity index (χ0) is 19.6. The first-order chi connectivity index (χ1) is 12.9. The largest absolute Gasteiger partial charge is 0.396 e. The number of methoxy groups -OCH3 is 1. The van der Waals surface area contributed by atoms with Crippen molar-refractivity contribution in [3.8, 4) is 0 Å². The summed E-state index contributed by atoms with van der Waals surface area (Å²) in [7, 11) is 3.86. The van der Waals surface area contributed by atoms with E-state index in [-0.39, 0.29) is 12.5 Å². The van der Waals surface area contributed by atoms with Crippen LogP contribution < -0.4 is 4.90 Å². The first-order valence-corrected chi connectivity index (χ1v) is 9.85. The van der Waals surface area contributed by atoms with Gasteiger partial charge in [-0.25, -0.2) is 4.98 Å². The Bertz CT molecular complexity index is 793. The minimum Gasteiger partial charge on any atom is -0.396 e. The molecule has 0 spiro atoms. The molecule has 1 aromatic carbocycles. The first kappa shape index (κ1) is 20.1.